The average Bonchev–Trinajstić information content (AvgIpc) is 2.53. The number of benzene rings is 1. The predicted molar refractivity (Wildman–Crippen MR) is 63.1 cm³/mol. The molecule has 0 amide bonds. The van der Waals surface area contributed by atoms with Crippen LogP contribution in [0.3, 0.4) is 0 Å². The molecule has 0 heterocycles. The Bertz CT molecular complexity index is 394. The first kappa shape index (κ1) is 11.9. The minimum atomic E-state index is -0.758. The van der Waals surface area contributed by atoms with E-state index in [-0.39, 0.29) is 11.7 Å². The number of aliphatic hydroxyl groups is 1. The zero-order chi connectivity index (χ0) is 11.8. The molecule has 1 aromatic rings. The SMILES string of the molecule is CC1CCCC1(O)Cc1cc(Cl)ccc1F. The second kappa shape index (κ2) is 4.34. The van der Waals surface area contributed by atoms with Crippen LogP contribution >= 0.6 is 11.6 Å². The number of rotatable bonds is 2. The van der Waals surface area contributed by atoms with E-state index in [2.05, 4.69) is 0 Å². The van der Waals surface area contributed by atoms with Crippen molar-refractivity contribution in [1.82, 2.24) is 0 Å². The largest absolute Gasteiger partial charge is 0.389 e. The summed E-state index contributed by atoms with van der Waals surface area (Å²) in [4.78, 5) is 0. The molecule has 2 unspecified atom stereocenters. The Hall–Kier alpha value is -0.600. The molecule has 1 saturated carbocycles. The molecule has 2 atom stereocenters. The number of hydrogen-bond acceptors (Lipinski definition) is 1. The first-order valence-corrected chi connectivity index (χ1v) is 6.05. The molecular formula is C13H16ClFO. The Balaban J connectivity index is 2.23. The third-order valence-corrected chi connectivity index (χ3v) is 3.90. The standard InChI is InChI=1S/C13H16ClFO/c1-9-3-2-6-13(9,16)8-10-7-11(14)4-5-12(10)15/h4-5,7,9,16H,2-3,6,8H2,1H3. The summed E-state index contributed by atoms with van der Waals surface area (Å²) in [7, 11) is 0. The maximum Gasteiger partial charge on any atom is 0.126 e. The van der Waals surface area contributed by atoms with Crippen molar-refractivity contribution in [3.63, 3.8) is 0 Å². The van der Waals surface area contributed by atoms with Crippen molar-refractivity contribution < 1.29 is 9.50 Å². The second-order valence-electron chi connectivity index (χ2n) is 4.81. The molecule has 0 saturated heterocycles. The fraction of sp³-hybridized carbons (Fsp3) is 0.538. The summed E-state index contributed by atoms with van der Waals surface area (Å²) in [6, 6.07) is 4.50. The van der Waals surface area contributed by atoms with Crippen molar-refractivity contribution in [2.75, 3.05) is 0 Å². The van der Waals surface area contributed by atoms with Gasteiger partial charge in [-0.2, -0.15) is 0 Å². The molecule has 1 aliphatic rings. The fourth-order valence-corrected chi connectivity index (χ4v) is 2.70. The van der Waals surface area contributed by atoms with Gasteiger partial charge in [-0.1, -0.05) is 24.9 Å². The van der Waals surface area contributed by atoms with Gasteiger partial charge < -0.3 is 5.11 Å². The van der Waals surface area contributed by atoms with Gasteiger partial charge in [-0.15, -0.1) is 0 Å². The van der Waals surface area contributed by atoms with Gasteiger partial charge in [-0.3, -0.25) is 0 Å². The molecule has 0 radical (unpaired) electrons. The van der Waals surface area contributed by atoms with Gasteiger partial charge >= 0.3 is 0 Å². The highest BCUT2D eigenvalue weighted by atomic mass is 35.5. The van der Waals surface area contributed by atoms with Gasteiger partial charge in [0.2, 0.25) is 0 Å². The van der Waals surface area contributed by atoms with Crippen molar-refractivity contribution in [2.24, 2.45) is 5.92 Å². The molecule has 3 heteroatoms. The van der Waals surface area contributed by atoms with Gasteiger partial charge in [-0.05, 0) is 42.5 Å². The summed E-state index contributed by atoms with van der Waals surface area (Å²) in [5.74, 6) is -0.0530. The van der Waals surface area contributed by atoms with Crippen molar-refractivity contribution in [1.29, 1.82) is 0 Å². The van der Waals surface area contributed by atoms with Crippen LogP contribution < -0.4 is 0 Å². The smallest absolute Gasteiger partial charge is 0.126 e. The van der Waals surface area contributed by atoms with Crippen LogP contribution in [0, 0.1) is 11.7 Å². The van der Waals surface area contributed by atoms with E-state index in [9.17, 15) is 9.50 Å². The Morgan fingerprint density at radius 2 is 2.31 bits per heavy atom. The Kier molecular flexibility index (Phi) is 3.22. The monoisotopic (exact) mass is 242 g/mol. The van der Waals surface area contributed by atoms with Crippen LogP contribution in [-0.2, 0) is 6.42 Å². The summed E-state index contributed by atoms with van der Waals surface area (Å²) in [5, 5.41) is 10.9. The summed E-state index contributed by atoms with van der Waals surface area (Å²) < 4.78 is 13.6. The first-order chi connectivity index (χ1) is 7.51. The topological polar surface area (TPSA) is 20.2 Å². The molecule has 16 heavy (non-hydrogen) atoms. The third-order valence-electron chi connectivity index (χ3n) is 3.67. The molecule has 0 aliphatic heterocycles. The third kappa shape index (κ3) is 2.23. The maximum absolute atomic E-state index is 13.6. The normalized spacial score (nSPS) is 29.6. The van der Waals surface area contributed by atoms with Crippen LogP contribution in [0.5, 0.6) is 0 Å². The van der Waals surface area contributed by atoms with Crippen molar-refractivity contribution in [2.45, 2.75) is 38.2 Å². The van der Waals surface area contributed by atoms with E-state index in [1.165, 1.54) is 12.1 Å². The van der Waals surface area contributed by atoms with E-state index < -0.39 is 5.60 Å². The highest BCUT2D eigenvalue weighted by Crippen LogP contribution is 2.38. The maximum atomic E-state index is 13.6. The number of hydrogen-bond donors (Lipinski definition) is 1. The number of halogens is 2. The molecule has 0 bridgehead atoms. The fourth-order valence-electron chi connectivity index (χ4n) is 2.50. The Morgan fingerprint density at radius 1 is 1.56 bits per heavy atom. The predicted octanol–water partition coefficient (Wildman–Crippen LogP) is 3.57. The van der Waals surface area contributed by atoms with Gasteiger partial charge in [0.15, 0.2) is 0 Å². The van der Waals surface area contributed by atoms with Gasteiger partial charge in [0, 0.05) is 11.4 Å². The molecule has 1 aromatic carbocycles. The highest BCUT2D eigenvalue weighted by Gasteiger charge is 2.38. The Morgan fingerprint density at radius 3 is 2.94 bits per heavy atom. The van der Waals surface area contributed by atoms with Crippen LogP contribution in [0.4, 0.5) is 4.39 Å². The molecule has 2 rings (SSSR count). The lowest BCUT2D eigenvalue weighted by molar-refractivity contribution is 0.00887. The van der Waals surface area contributed by atoms with E-state index in [1.54, 1.807) is 6.07 Å². The molecular weight excluding hydrogens is 227 g/mol. The lowest BCUT2D eigenvalue weighted by Gasteiger charge is -2.28. The lowest BCUT2D eigenvalue weighted by Crippen LogP contribution is -2.34. The average molecular weight is 243 g/mol. The van der Waals surface area contributed by atoms with Crippen molar-refractivity contribution >= 4 is 11.6 Å². The van der Waals surface area contributed by atoms with Crippen molar-refractivity contribution in [3.05, 3.63) is 34.6 Å². The van der Waals surface area contributed by atoms with Crippen LogP contribution in [0.15, 0.2) is 18.2 Å². The summed E-state index contributed by atoms with van der Waals surface area (Å²) in [5.41, 5.74) is -0.241. The lowest BCUT2D eigenvalue weighted by atomic mass is 9.86. The zero-order valence-electron chi connectivity index (χ0n) is 9.34. The van der Waals surface area contributed by atoms with E-state index in [0.717, 1.165) is 19.3 Å². The van der Waals surface area contributed by atoms with Crippen LogP contribution in [0.1, 0.15) is 31.7 Å². The minimum absolute atomic E-state index is 0.228. The first-order valence-electron chi connectivity index (χ1n) is 5.67. The second-order valence-corrected chi connectivity index (χ2v) is 5.25. The molecule has 1 fully saturated rings. The van der Waals surface area contributed by atoms with Gasteiger partial charge in [0.1, 0.15) is 5.82 Å². The van der Waals surface area contributed by atoms with Crippen molar-refractivity contribution in [3.8, 4) is 0 Å². The molecule has 0 aromatic heterocycles. The molecule has 1 N–H and O–H groups in total. The molecule has 0 spiro atoms. The molecule has 1 nitrogen and oxygen atoms in total. The Labute approximate surface area is 100 Å². The van der Waals surface area contributed by atoms with E-state index in [4.69, 9.17) is 11.6 Å². The summed E-state index contributed by atoms with van der Waals surface area (Å²) >= 11 is 5.84. The molecule has 88 valence electrons. The molecule has 1 aliphatic carbocycles. The van der Waals surface area contributed by atoms with Crippen LogP contribution in [-0.4, -0.2) is 10.7 Å². The quantitative estimate of drug-likeness (QED) is 0.841. The zero-order valence-corrected chi connectivity index (χ0v) is 10.1. The van der Waals surface area contributed by atoms with Gasteiger partial charge in [0.25, 0.3) is 0 Å². The summed E-state index contributed by atoms with van der Waals surface area (Å²) in [6.45, 7) is 2.02. The van der Waals surface area contributed by atoms with E-state index >= 15 is 0 Å². The summed E-state index contributed by atoms with van der Waals surface area (Å²) in [6.07, 6.45) is 3.14. The van der Waals surface area contributed by atoms with Crippen LogP contribution in [0.2, 0.25) is 5.02 Å². The van der Waals surface area contributed by atoms with E-state index in [0.29, 0.717) is 17.0 Å². The minimum Gasteiger partial charge on any atom is -0.389 e. The van der Waals surface area contributed by atoms with Crippen LogP contribution in [0.25, 0.3) is 0 Å². The highest BCUT2D eigenvalue weighted by molar-refractivity contribution is 6.30. The van der Waals surface area contributed by atoms with E-state index in [1.807, 2.05) is 6.92 Å². The van der Waals surface area contributed by atoms with Gasteiger partial charge in [-0.25, -0.2) is 4.39 Å². The van der Waals surface area contributed by atoms with Gasteiger partial charge in [0.05, 0.1) is 5.60 Å².